The van der Waals surface area contributed by atoms with Crippen LogP contribution in [0.3, 0.4) is 0 Å². The van der Waals surface area contributed by atoms with Gasteiger partial charge in [-0.3, -0.25) is 4.79 Å². The SMILES string of the molecule is C.CC/C=C/CCC(=O)OC(C(C)C)C(C)C. The summed E-state index contributed by atoms with van der Waals surface area (Å²) in [4.78, 5) is 11.6. The number of rotatable bonds is 7. The predicted molar refractivity (Wildman–Crippen MR) is 75.0 cm³/mol. The van der Waals surface area contributed by atoms with Gasteiger partial charge >= 0.3 is 5.97 Å². The third kappa shape index (κ3) is 8.96. The third-order valence-corrected chi connectivity index (χ3v) is 2.50. The fraction of sp³-hybridized carbons (Fsp3) is 0.800. The molecule has 2 heteroatoms. The van der Waals surface area contributed by atoms with Crippen LogP contribution in [0.5, 0.6) is 0 Å². The maximum absolute atomic E-state index is 11.6. The predicted octanol–water partition coefficient (Wildman–Crippen LogP) is 4.59. The molecule has 0 fully saturated rings. The first-order valence-corrected chi connectivity index (χ1v) is 6.33. The van der Waals surface area contributed by atoms with Crippen molar-refractivity contribution in [3.63, 3.8) is 0 Å². The van der Waals surface area contributed by atoms with E-state index in [0.717, 1.165) is 12.8 Å². The lowest BCUT2D eigenvalue weighted by atomic mass is 9.96. The lowest BCUT2D eigenvalue weighted by molar-refractivity contribution is -0.153. The van der Waals surface area contributed by atoms with Crippen molar-refractivity contribution in [2.45, 2.75) is 67.4 Å². The van der Waals surface area contributed by atoms with E-state index in [-0.39, 0.29) is 19.5 Å². The monoisotopic (exact) mass is 242 g/mol. The lowest BCUT2D eigenvalue weighted by Crippen LogP contribution is -2.28. The topological polar surface area (TPSA) is 26.3 Å². The minimum atomic E-state index is -0.0758. The summed E-state index contributed by atoms with van der Waals surface area (Å²) in [5, 5.41) is 0. The zero-order valence-electron chi connectivity index (χ0n) is 11.3. The summed E-state index contributed by atoms with van der Waals surface area (Å²) in [7, 11) is 0. The number of ether oxygens (including phenoxy) is 1. The highest BCUT2D eigenvalue weighted by atomic mass is 16.5. The van der Waals surface area contributed by atoms with Crippen molar-refractivity contribution in [3.05, 3.63) is 12.2 Å². The molecule has 2 nitrogen and oxygen atoms in total. The zero-order chi connectivity index (χ0) is 12.6. The van der Waals surface area contributed by atoms with Crippen LogP contribution in [0.1, 0.15) is 61.3 Å². The Morgan fingerprint density at radius 2 is 1.65 bits per heavy atom. The molecule has 0 N–H and O–H groups in total. The summed E-state index contributed by atoms with van der Waals surface area (Å²) < 4.78 is 5.48. The molecule has 0 aromatic heterocycles. The smallest absolute Gasteiger partial charge is 0.306 e. The quantitative estimate of drug-likeness (QED) is 0.482. The van der Waals surface area contributed by atoms with Gasteiger partial charge in [-0.25, -0.2) is 0 Å². The second-order valence-corrected chi connectivity index (χ2v) is 4.86. The third-order valence-electron chi connectivity index (χ3n) is 2.50. The summed E-state index contributed by atoms with van der Waals surface area (Å²) in [6.45, 7) is 10.5. The van der Waals surface area contributed by atoms with E-state index >= 15 is 0 Å². The molecule has 0 aliphatic carbocycles. The molecule has 0 radical (unpaired) electrons. The molecule has 0 spiro atoms. The average molecular weight is 242 g/mol. The minimum absolute atomic E-state index is 0. The van der Waals surface area contributed by atoms with Gasteiger partial charge in [-0.15, -0.1) is 0 Å². The molecule has 0 aliphatic rings. The van der Waals surface area contributed by atoms with E-state index in [9.17, 15) is 4.79 Å². The molecule has 0 aromatic rings. The van der Waals surface area contributed by atoms with Gasteiger partial charge in [0.25, 0.3) is 0 Å². The van der Waals surface area contributed by atoms with Crippen molar-refractivity contribution in [1.82, 2.24) is 0 Å². The van der Waals surface area contributed by atoms with Gasteiger partial charge < -0.3 is 4.74 Å². The fourth-order valence-corrected chi connectivity index (χ4v) is 1.74. The van der Waals surface area contributed by atoms with E-state index in [1.807, 2.05) is 6.08 Å². The Hall–Kier alpha value is -0.790. The molecule has 102 valence electrons. The molecule has 0 atom stereocenters. The molecule has 0 amide bonds. The first-order chi connectivity index (χ1) is 7.49. The Balaban J connectivity index is 0. The van der Waals surface area contributed by atoms with E-state index in [1.54, 1.807) is 0 Å². The largest absolute Gasteiger partial charge is 0.462 e. The Bertz CT molecular complexity index is 209. The van der Waals surface area contributed by atoms with Crippen LogP contribution in [0, 0.1) is 11.8 Å². The van der Waals surface area contributed by atoms with Crippen molar-refractivity contribution >= 4 is 5.97 Å². The lowest BCUT2D eigenvalue weighted by Gasteiger charge is -2.24. The Kier molecular flexibility index (Phi) is 11.3. The number of carbonyl (C=O) groups excluding carboxylic acids is 1. The van der Waals surface area contributed by atoms with Gasteiger partial charge in [-0.05, 0) is 24.7 Å². The summed E-state index contributed by atoms with van der Waals surface area (Å²) >= 11 is 0. The van der Waals surface area contributed by atoms with Gasteiger partial charge in [0.15, 0.2) is 0 Å². The number of hydrogen-bond donors (Lipinski definition) is 0. The van der Waals surface area contributed by atoms with Crippen LogP contribution in [-0.2, 0) is 9.53 Å². The number of esters is 1. The van der Waals surface area contributed by atoms with E-state index in [1.165, 1.54) is 0 Å². The number of hydrogen-bond acceptors (Lipinski definition) is 2. The summed E-state index contributed by atoms with van der Waals surface area (Å²) in [6.07, 6.45) is 6.47. The van der Waals surface area contributed by atoms with Crippen molar-refractivity contribution in [2.24, 2.45) is 11.8 Å². The zero-order valence-corrected chi connectivity index (χ0v) is 11.3. The highest BCUT2D eigenvalue weighted by molar-refractivity contribution is 5.69. The highest BCUT2D eigenvalue weighted by Gasteiger charge is 2.21. The van der Waals surface area contributed by atoms with E-state index in [0.29, 0.717) is 18.3 Å². The fourth-order valence-electron chi connectivity index (χ4n) is 1.74. The molecule has 0 bridgehead atoms. The average Bonchev–Trinajstić information content (AvgIpc) is 2.20. The number of carbonyl (C=O) groups is 1. The molecule has 0 aromatic carbocycles. The van der Waals surface area contributed by atoms with Crippen molar-refractivity contribution < 1.29 is 9.53 Å². The molecule has 0 unspecified atom stereocenters. The molecular formula is C15H30O2. The normalized spacial score (nSPS) is 11.3. The Morgan fingerprint density at radius 1 is 1.12 bits per heavy atom. The van der Waals surface area contributed by atoms with Crippen molar-refractivity contribution in [3.8, 4) is 0 Å². The second-order valence-electron chi connectivity index (χ2n) is 4.86. The second kappa shape index (κ2) is 10.4. The van der Waals surface area contributed by atoms with E-state index in [2.05, 4.69) is 40.7 Å². The maximum atomic E-state index is 11.6. The van der Waals surface area contributed by atoms with Gasteiger partial charge in [0.1, 0.15) is 6.10 Å². The Labute approximate surface area is 107 Å². The molecule has 0 saturated carbocycles. The van der Waals surface area contributed by atoms with Crippen LogP contribution in [-0.4, -0.2) is 12.1 Å². The van der Waals surface area contributed by atoms with E-state index < -0.39 is 0 Å². The van der Waals surface area contributed by atoms with Gasteiger partial charge in [0.2, 0.25) is 0 Å². The van der Waals surface area contributed by atoms with Crippen molar-refractivity contribution in [2.75, 3.05) is 0 Å². The van der Waals surface area contributed by atoms with Gasteiger partial charge in [-0.2, -0.15) is 0 Å². The van der Waals surface area contributed by atoms with Gasteiger partial charge in [0, 0.05) is 6.42 Å². The molecule has 0 heterocycles. The Morgan fingerprint density at radius 3 is 2.06 bits per heavy atom. The van der Waals surface area contributed by atoms with Gasteiger partial charge in [-0.1, -0.05) is 54.2 Å². The molecule has 0 rings (SSSR count). The van der Waals surface area contributed by atoms with Crippen molar-refractivity contribution in [1.29, 1.82) is 0 Å². The van der Waals surface area contributed by atoms with E-state index in [4.69, 9.17) is 4.74 Å². The molecule has 17 heavy (non-hydrogen) atoms. The molecular weight excluding hydrogens is 212 g/mol. The maximum Gasteiger partial charge on any atom is 0.306 e. The summed E-state index contributed by atoms with van der Waals surface area (Å²) in [6, 6.07) is 0. The van der Waals surface area contributed by atoms with Crippen LogP contribution < -0.4 is 0 Å². The highest BCUT2D eigenvalue weighted by Crippen LogP contribution is 2.17. The first kappa shape index (κ1) is 18.6. The van der Waals surface area contributed by atoms with Crippen LogP contribution in [0.15, 0.2) is 12.2 Å². The van der Waals surface area contributed by atoms with Crippen LogP contribution in [0.2, 0.25) is 0 Å². The number of allylic oxidation sites excluding steroid dienone is 2. The van der Waals surface area contributed by atoms with Crippen LogP contribution >= 0.6 is 0 Å². The van der Waals surface area contributed by atoms with Gasteiger partial charge in [0.05, 0.1) is 0 Å². The standard InChI is InChI=1S/C14H26O2.CH4/c1-6-7-8-9-10-13(15)16-14(11(2)3)12(4)5;/h7-8,11-12,14H,6,9-10H2,1-5H3;1H4/b8-7+;. The van der Waals surface area contributed by atoms with Crippen LogP contribution in [0.4, 0.5) is 0 Å². The molecule has 0 saturated heterocycles. The van der Waals surface area contributed by atoms with Crippen LogP contribution in [0.25, 0.3) is 0 Å². The summed E-state index contributed by atoms with van der Waals surface area (Å²) in [5.74, 6) is 0.693. The summed E-state index contributed by atoms with van der Waals surface area (Å²) in [5.41, 5.74) is 0. The first-order valence-electron chi connectivity index (χ1n) is 6.33. The molecule has 0 aliphatic heterocycles. The minimum Gasteiger partial charge on any atom is -0.462 e.